The van der Waals surface area contributed by atoms with Gasteiger partial charge in [-0.2, -0.15) is 5.10 Å². The molecular formula is C27H35N5O7. The first kappa shape index (κ1) is 27.8. The number of esters is 1. The number of urea groups is 1. The number of hydrazone groups is 1. The quantitative estimate of drug-likeness (QED) is 0.146. The van der Waals surface area contributed by atoms with Gasteiger partial charge in [-0.3, -0.25) is 5.43 Å². The van der Waals surface area contributed by atoms with E-state index in [1.54, 1.807) is 25.1 Å². The largest absolute Gasteiger partial charge is 0.490 e. The highest BCUT2D eigenvalue weighted by Crippen LogP contribution is 2.35. The monoisotopic (exact) mass is 541 g/mol. The van der Waals surface area contributed by atoms with Crippen molar-refractivity contribution in [3.63, 3.8) is 0 Å². The molecule has 0 aliphatic carbocycles. The van der Waals surface area contributed by atoms with Crippen LogP contribution in [0.2, 0.25) is 0 Å². The first-order chi connectivity index (χ1) is 18.9. The number of hydrogen-bond donors (Lipinski definition) is 4. The molecule has 0 saturated carbocycles. The fourth-order valence-electron chi connectivity index (χ4n) is 4.50. The van der Waals surface area contributed by atoms with Gasteiger partial charge in [-0.05, 0) is 56.9 Å². The van der Waals surface area contributed by atoms with Gasteiger partial charge in [0.1, 0.15) is 12.4 Å². The van der Waals surface area contributed by atoms with E-state index in [0.717, 1.165) is 31.8 Å². The first-order valence-corrected chi connectivity index (χ1v) is 13.0. The Labute approximate surface area is 227 Å². The average molecular weight is 542 g/mol. The molecule has 0 radical (unpaired) electrons. The molecule has 12 heteroatoms. The smallest absolute Gasteiger partial charge is 0.337 e. The fraction of sp³-hybridized carbons (Fsp3) is 0.444. The van der Waals surface area contributed by atoms with Crippen molar-refractivity contribution < 1.29 is 33.3 Å². The summed E-state index contributed by atoms with van der Waals surface area (Å²) >= 11 is 0. The maximum Gasteiger partial charge on any atom is 0.337 e. The van der Waals surface area contributed by atoms with Gasteiger partial charge in [0.2, 0.25) is 0 Å². The molecule has 210 valence electrons. The molecule has 3 heterocycles. The van der Waals surface area contributed by atoms with Crippen LogP contribution >= 0.6 is 0 Å². The van der Waals surface area contributed by atoms with E-state index in [0.29, 0.717) is 35.1 Å². The molecule has 0 spiro atoms. The lowest BCUT2D eigenvalue weighted by molar-refractivity contribution is -0.136. The number of hydrogen-bond acceptors (Lipinski definition) is 10. The van der Waals surface area contributed by atoms with Crippen molar-refractivity contribution in [2.75, 3.05) is 38.3 Å². The Morgan fingerprint density at radius 2 is 2.03 bits per heavy atom. The topological polar surface area (TPSA) is 147 Å². The minimum absolute atomic E-state index is 0.121. The highest BCUT2D eigenvalue weighted by Gasteiger charge is 2.32. The first-order valence-electron chi connectivity index (χ1n) is 13.0. The van der Waals surface area contributed by atoms with E-state index in [-0.39, 0.29) is 12.2 Å². The lowest BCUT2D eigenvalue weighted by Gasteiger charge is -2.28. The minimum Gasteiger partial charge on any atom is -0.490 e. The molecule has 2 amide bonds. The van der Waals surface area contributed by atoms with Gasteiger partial charge in [0, 0.05) is 24.9 Å². The molecular weight excluding hydrogens is 506 g/mol. The van der Waals surface area contributed by atoms with Gasteiger partial charge < -0.3 is 39.3 Å². The van der Waals surface area contributed by atoms with Gasteiger partial charge in [0.05, 0.1) is 31.5 Å². The predicted octanol–water partition coefficient (Wildman–Crippen LogP) is 2.79. The summed E-state index contributed by atoms with van der Waals surface area (Å²) in [5, 5.41) is 19.7. The molecule has 1 aromatic carbocycles. The third-order valence-corrected chi connectivity index (χ3v) is 6.37. The molecule has 1 fully saturated rings. The van der Waals surface area contributed by atoms with Gasteiger partial charge in [0.15, 0.2) is 23.6 Å². The lowest BCUT2D eigenvalue weighted by atomic mass is 9.95. The van der Waals surface area contributed by atoms with Crippen molar-refractivity contribution in [2.24, 2.45) is 5.10 Å². The Balaban J connectivity index is 1.37. The van der Waals surface area contributed by atoms with Crippen LogP contribution in [0, 0.1) is 0 Å². The van der Waals surface area contributed by atoms with Crippen LogP contribution in [0.15, 0.2) is 51.1 Å². The molecule has 4 rings (SSSR count). The zero-order valence-electron chi connectivity index (χ0n) is 22.4. The highest BCUT2D eigenvalue weighted by molar-refractivity contribution is 5.95. The Kier molecular flexibility index (Phi) is 9.31. The van der Waals surface area contributed by atoms with E-state index in [4.69, 9.17) is 18.6 Å². The molecule has 2 aliphatic rings. The number of rotatable bonds is 11. The standard InChI is InChI=1S/C27H35N5O7/c1-4-37-21-14-18(25-24(26(34)36-3)17(2)29-27(35)30-25)8-10-20(21)38-16-22(33)31-28-15-19-9-11-23(39-19)32-12-6-5-7-13-32/h8-11,14-15,22,25,31,33H,4-7,12-13,16H2,1-3H3,(H2,29,30,35)/b28-15-/t22-,25+/m0/s1. The van der Waals surface area contributed by atoms with Crippen molar-refractivity contribution in [1.29, 1.82) is 0 Å². The van der Waals surface area contributed by atoms with Crippen LogP contribution in [0.1, 0.15) is 50.5 Å². The van der Waals surface area contributed by atoms with Crippen LogP contribution in [0.5, 0.6) is 11.5 Å². The number of allylic oxidation sites excluding steroid dienone is 1. The van der Waals surface area contributed by atoms with E-state index in [1.807, 2.05) is 19.1 Å². The lowest BCUT2D eigenvalue weighted by Crippen LogP contribution is -2.45. The third-order valence-electron chi connectivity index (χ3n) is 6.37. The number of carbonyl (C=O) groups is 2. The molecule has 2 aliphatic heterocycles. The van der Waals surface area contributed by atoms with Gasteiger partial charge in [-0.15, -0.1) is 0 Å². The number of benzene rings is 1. The van der Waals surface area contributed by atoms with Crippen molar-refractivity contribution in [3.05, 3.63) is 52.9 Å². The normalized spacial score (nSPS) is 18.4. The van der Waals surface area contributed by atoms with Crippen molar-refractivity contribution in [1.82, 2.24) is 16.1 Å². The second kappa shape index (κ2) is 13.1. The summed E-state index contributed by atoms with van der Waals surface area (Å²) < 4.78 is 22.2. The summed E-state index contributed by atoms with van der Waals surface area (Å²) in [6.07, 6.45) is 3.96. The molecule has 1 saturated heterocycles. The average Bonchev–Trinajstić information content (AvgIpc) is 3.41. The molecule has 4 N–H and O–H groups in total. The number of furan rings is 1. The van der Waals surface area contributed by atoms with E-state index < -0.39 is 24.3 Å². The number of aliphatic hydroxyl groups is 1. The number of methoxy groups -OCH3 is 1. The molecule has 12 nitrogen and oxygen atoms in total. The van der Waals surface area contributed by atoms with E-state index in [9.17, 15) is 14.7 Å². The van der Waals surface area contributed by atoms with Crippen molar-refractivity contribution in [2.45, 2.75) is 45.4 Å². The fourth-order valence-corrected chi connectivity index (χ4v) is 4.50. The van der Waals surface area contributed by atoms with Gasteiger partial charge in [-0.25, -0.2) is 9.59 Å². The van der Waals surface area contributed by atoms with E-state index >= 15 is 0 Å². The van der Waals surface area contributed by atoms with Crippen LogP contribution in [0.4, 0.5) is 10.7 Å². The summed E-state index contributed by atoms with van der Waals surface area (Å²) in [7, 11) is 1.28. The number of carbonyl (C=O) groups excluding carboxylic acids is 2. The van der Waals surface area contributed by atoms with Crippen molar-refractivity contribution in [3.8, 4) is 11.5 Å². The van der Waals surface area contributed by atoms with E-state index in [1.165, 1.54) is 19.7 Å². The highest BCUT2D eigenvalue weighted by atomic mass is 16.5. The molecule has 39 heavy (non-hydrogen) atoms. The SMILES string of the molecule is CCOc1cc([C@H]2NC(=O)NC(C)=C2C(=O)OC)ccc1OC[C@H](O)N/N=C\c1ccc(N2CCCCC2)o1. The van der Waals surface area contributed by atoms with Crippen LogP contribution in [0.3, 0.4) is 0 Å². The maximum absolute atomic E-state index is 12.4. The number of amides is 2. The molecule has 2 atom stereocenters. The van der Waals surface area contributed by atoms with Crippen LogP contribution < -0.4 is 30.4 Å². The third kappa shape index (κ3) is 7.02. The Morgan fingerprint density at radius 1 is 1.23 bits per heavy atom. The van der Waals surface area contributed by atoms with Crippen molar-refractivity contribution >= 4 is 24.1 Å². The van der Waals surface area contributed by atoms with Gasteiger partial charge in [-0.1, -0.05) is 6.07 Å². The van der Waals surface area contributed by atoms with Crippen LogP contribution in [0.25, 0.3) is 0 Å². The molecule has 0 unspecified atom stereocenters. The van der Waals surface area contributed by atoms with Crippen LogP contribution in [-0.4, -0.2) is 63.0 Å². The zero-order valence-corrected chi connectivity index (χ0v) is 22.4. The summed E-state index contributed by atoms with van der Waals surface area (Å²) in [6, 6.07) is 7.62. The minimum atomic E-state index is -1.10. The maximum atomic E-state index is 12.4. The molecule has 0 bridgehead atoms. The Hall–Kier alpha value is -4.19. The number of anilines is 1. The number of ether oxygens (including phenoxy) is 3. The van der Waals surface area contributed by atoms with Gasteiger partial charge in [0.25, 0.3) is 0 Å². The van der Waals surface area contributed by atoms with E-state index in [2.05, 4.69) is 26.1 Å². The second-order valence-corrected chi connectivity index (χ2v) is 9.14. The number of piperidine rings is 1. The number of aliphatic hydroxyl groups excluding tert-OH is 1. The summed E-state index contributed by atoms with van der Waals surface area (Å²) in [4.78, 5) is 26.7. The molecule has 2 aromatic rings. The number of nitrogens with one attached hydrogen (secondary N) is 3. The Bertz CT molecular complexity index is 1220. The number of nitrogens with zero attached hydrogens (tertiary/aromatic N) is 2. The summed E-state index contributed by atoms with van der Waals surface area (Å²) in [5.74, 6) is 1.60. The Morgan fingerprint density at radius 3 is 2.77 bits per heavy atom. The summed E-state index contributed by atoms with van der Waals surface area (Å²) in [6.45, 7) is 5.66. The summed E-state index contributed by atoms with van der Waals surface area (Å²) in [5.41, 5.74) is 3.90. The van der Waals surface area contributed by atoms with Crippen LogP contribution in [-0.2, 0) is 9.53 Å². The predicted molar refractivity (Wildman–Crippen MR) is 144 cm³/mol. The molecule has 1 aromatic heterocycles. The van der Waals surface area contributed by atoms with Gasteiger partial charge >= 0.3 is 12.0 Å². The second-order valence-electron chi connectivity index (χ2n) is 9.14. The zero-order chi connectivity index (χ0) is 27.8.